The monoisotopic (exact) mass is 332 g/mol. The van der Waals surface area contributed by atoms with Crippen molar-refractivity contribution in [2.24, 2.45) is 0 Å². The third-order valence-electron chi connectivity index (χ3n) is 2.84. The van der Waals surface area contributed by atoms with Gasteiger partial charge in [0.05, 0.1) is 5.69 Å². The molecule has 1 aromatic heterocycles. The molecule has 1 heterocycles. The van der Waals surface area contributed by atoms with Crippen molar-refractivity contribution in [1.29, 1.82) is 0 Å². The highest BCUT2D eigenvalue weighted by molar-refractivity contribution is 5.90. The van der Waals surface area contributed by atoms with Gasteiger partial charge in [0, 0.05) is 12.3 Å². The number of hydrogen-bond donors (Lipinski definition) is 1. The molecule has 0 unspecified atom stereocenters. The summed E-state index contributed by atoms with van der Waals surface area (Å²) in [5, 5.41) is 2.05. The minimum absolute atomic E-state index is 0.351. The Morgan fingerprint density at radius 2 is 1.87 bits per heavy atom. The smallest absolute Gasteiger partial charge is 0.322 e. The minimum atomic E-state index is -4.85. The van der Waals surface area contributed by atoms with Crippen LogP contribution in [0, 0.1) is 11.6 Å². The zero-order valence-corrected chi connectivity index (χ0v) is 11.3. The standard InChI is InChI=1S/C14H9F5N2O2/c15-8-3-4-11(10(16)6-8)20-12(22)7-21-5-1-2-9(13(21)23)14(17,18)19/h1-6H,7H2,(H,20,22). The summed E-state index contributed by atoms with van der Waals surface area (Å²) in [5.74, 6) is -2.83. The van der Waals surface area contributed by atoms with Gasteiger partial charge in [0.15, 0.2) is 0 Å². The normalized spacial score (nSPS) is 11.3. The Labute approximate surface area is 126 Å². The van der Waals surface area contributed by atoms with Gasteiger partial charge in [-0.15, -0.1) is 0 Å². The molecule has 1 aromatic carbocycles. The number of carbonyl (C=O) groups is 1. The van der Waals surface area contributed by atoms with Crippen LogP contribution in [-0.2, 0) is 17.5 Å². The van der Waals surface area contributed by atoms with Crippen molar-refractivity contribution in [3.63, 3.8) is 0 Å². The van der Waals surface area contributed by atoms with Crippen molar-refractivity contribution in [2.45, 2.75) is 12.7 Å². The van der Waals surface area contributed by atoms with E-state index in [-0.39, 0.29) is 5.69 Å². The Kier molecular flexibility index (Phi) is 4.48. The second-order valence-electron chi connectivity index (χ2n) is 4.53. The van der Waals surface area contributed by atoms with Gasteiger partial charge in [-0.25, -0.2) is 8.78 Å². The van der Waals surface area contributed by atoms with Crippen LogP contribution in [0.15, 0.2) is 41.3 Å². The van der Waals surface area contributed by atoms with Crippen molar-refractivity contribution in [1.82, 2.24) is 4.57 Å². The highest BCUT2D eigenvalue weighted by Gasteiger charge is 2.34. The molecule has 0 atom stereocenters. The van der Waals surface area contributed by atoms with Crippen LogP contribution < -0.4 is 10.9 Å². The van der Waals surface area contributed by atoms with Crippen LogP contribution in [0.3, 0.4) is 0 Å². The zero-order valence-electron chi connectivity index (χ0n) is 11.3. The van der Waals surface area contributed by atoms with Crippen molar-refractivity contribution < 1.29 is 26.7 Å². The van der Waals surface area contributed by atoms with Gasteiger partial charge >= 0.3 is 6.18 Å². The van der Waals surface area contributed by atoms with Gasteiger partial charge in [-0.05, 0) is 24.3 Å². The van der Waals surface area contributed by atoms with Crippen LogP contribution in [0.25, 0.3) is 0 Å². The number of alkyl halides is 3. The maximum atomic E-state index is 13.4. The van der Waals surface area contributed by atoms with E-state index in [9.17, 15) is 31.5 Å². The molecular formula is C14H9F5N2O2. The van der Waals surface area contributed by atoms with Crippen LogP contribution >= 0.6 is 0 Å². The van der Waals surface area contributed by atoms with Crippen molar-refractivity contribution in [3.8, 4) is 0 Å². The van der Waals surface area contributed by atoms with E-state index in [1.807, 2.05) is 5.32 Å². The Morgan fingerprint density at radius 3 is 2.48 bits per heavy atom. The molecule has 122 valence electrons. The van der Waals surface area contributed by atoms with Gasteiger partial charge in [-0.2, -0.15) is 13.2 Å². The average molecular weight is 332 g/mol. The molecule has 23 heavy (non-hydrogen) atoms. The van der Waals surface area contributed by atoms with E-state index in [0.29, 0.717) is 16.7 Å². The number of amides is 1. The van der Waals surface area contributed by atoms with E-state index < -0.39 is 41.4 Å². The summed E-state index contributed by atoms with van der Waals surface area (Å²) < 4.78 is 64.5. The fraction of sp³-hybridized carbons (Fsp3) is 0.143. The van der Waals surface area contributed by atoms with Gasteiger partial charge in [-0.1, -0.05) is 0 Å². The quantitative estimate of drug-likeness (QED) is 0.879. The molecule has 0 aliphatic rings. The lowest BCUT2D eigenvalue weighted by molar-refractivity contribution is -0.139. The van der Waals surface area contributed by atoms with Crippen LogP contribution in [0.4, 0.5) is 27.6 Å². The summed E-state index contributed by atoms with van der Waals surface area (Å²) in [7, 11) is 0. The molecule has 2 rings (SSSR count). The molecule has 0 saturated heterocycles. The zero-order chi connectivity index (χ0) is 17.2. The molecule has 0 spiro atoms. The molecule has 0 bridgehead atoms. The Hall–Kier alpha value is -2.71. The summed E-state index contributed by atoms with van der Waals surface area (Å²) in [5.41, 5.74) is -3.16. The van der Waals surface area contributed by atoms with E-state index >= 15 is 0 Å². The van der Waals surface area contributed by atoms with E-state index in [1.165, 1.54) is 0 Å². The second-order valence-corrected chi connectivity index (χ2v) is 4.53. The minimum Gasteiger partial charge on any atom is -0.322 e. The number of aromatic nitrogens is 1. The molecule has 0 aliphatic heterocycles. The predicted molar refractivity (Wildman–Crippen MR) is 70.7 cm³/mol. The first-order chi connectivity index (χ1) is 10.7. The Bertz CT molecular complexity index is 798. The highest BCUT2D eigenvalue weighted by atomic mass is 19.4. The summed E-state index contributed by atoms with van der Waals surface area (Å²) in [6.07, 6.45) is -3.85. The average Bonchev–Trinajstić information content (AvgIpc) is 2.43. The van der Waals surface area contributed by atoms with Gasteiger partial charge in [0.1, 0.15) is 23.7 Å². The van der Waals surface area contributed by atoms with Crippen LogP contribution in [0.1, 0.15) is 5.56 Å². The predicted octanol–water partition coefficient (Wildman–Crippen LogP) is 2.78. The number of nitrogens with one attached hydrogen (secondary N) is 1. The van der Waals surface area contributed by atoms with E-state index in [1.54, 1.807) is 0 Å². The number of anilines is 1. The van der Waals surface area contributed by atoms with Gasteiger partial charge in [0.25, 0.3) is 5.56 Å². The van der Waals surface area contributed by atoms with Crippen molar-refractivity contribution >= 4 is 11.6 Å². The molecule has 1 amide bonds. The number of pyridine rings is 1. The van der Waals surface area contributed by atoms with E-state index in [2.05, 4.69) is 0 Å². The van der Waals surface area contributed by atoms with Crippen molar-refractivity contribution in [2.75, 3.05) is 5.32 Å². The Balaban J connectivity index is 2.20. The number of carbonyl (C=O) groups excluding carboxylic acids is 1. The topological polar surface area (TPSA) is 51.1 Å². The first-order valence-corrected chi connectivity index (χ1v) is 6.20. The molecule has 0 radical (unpaired) electrons. The number of rotatable bonds is 3. The molecule has 9 heteroatoms. The third-order valence-corrected chi connectivity index (χ3v) is 2.84. The molecule has 0 saturated carbocycles. The third kappa shape index (κ3) is 3.93. The Morgan fingerprint density at radius 1 is 1.17 bits per heavy atom. The van der Waals surface area contributed by atoms with E-state index in [4.69, 9.17) is 0 Å². The van der Waals surface area contributed by atoms with Crippen molar-refractivity contribution in [3.05, 3.63) is 64.1 Å². The summed E-state index contributed by atoms with van der Waals surface area (Å²) in [4.78, 5) is 23.4. The van der Waals surface area contributed by atoms with Crippen LogP contribution in [0.5, 0.6) is 0 Å². The largest absolute Gasteiger partial charge is 0.421 e. The second kappa shape index (κ2) is 6.19. The number of nitrogens with zero attached hydrogens (tertiary/aromatic N) is 1. The number of hydrogen-bond acceptors (Lipinski definition) is 2. The first kappa shape index (κ1) is 16.7. The van der Waals surface area contributed by atoms with Gasteiger partial charge in [-0.3, -0.25) is 9.59 Å². The SMILES string of the molecule is O=C(Cn1cccc(C(F)(F)F)c1=O)Nc1ccc(F)cc1F. The van der Waals surface area contributed by atoms with Crippen LogP contribution in [-0.4, -0.2) is 10.5 Å². The lowest BCUT2D eigenvalue weighted by Crippen LogP contribution is -2.32. The fourth-order valence-corrected chi connectivity index (χ4v) is 1.81. The summed E-state index contributed by atoms with van der Waals surface area (Å²) >= 11 is 0. The molecular weight excluding hydrogens is 323 g/mol. The molecule has 1 N–H and O–H groups in total. The highest BCUT2D eigenvalue weighted by Crippen LogP contribution is 2.26. The lowest BCUT2D eigenvalue weighted by atomic mass is 10.2. The number of halogens is 5. The lowest BCUT2D eigenvalue weighted by Gasteiger charge is -2.11. The number of benzene rings is 1. The van der Waals surface area contributed by atoms with Crippen LogP contribution in [0.2, 0.25) is 0 Å². The van der Waals surface area contributed by atoms with Gasteiger partial charge < -0.3 is 9.88 Å². The fourth-order valence-electron chi connectivity index (χ4n) is 1.81. The molecule has 2 aromatic rings. The summed E-state index contributed by atoms with van der Waals surface area (Å²) in [6, 6.07) is 3.95. The molecule has 0 fully saturated rings. The summed E-state index contributed by atoms with van der Waals surface area (Å²) in [6.45, 7) is -0.750. The van der Waals surface area contributed by atoms with E-state index in [0.717, 1.165) is 24.4 Å². The maximum Gasteiger partial charge on any atom is 0.421 e. The van der Waals surface area contributed by atoms with Gasteiger partial charge in [0.2, 0.25) is 5.91 Å². The molecule has 0 aliphatic carbocycles. The first-order valence-electron chi connectivity index (χ1n) is 6.20. The molecule has 4 nitrogen and oxygen atoms in total. The maximum absolute atomic E-state index is 13.4.